The van der Waals surface area contributed by atoms with Crippen LogP contribution in [0, 0.1) is 13.8 Å². The van der Waals surface area contributed by atoms with E-state index in [4.69, 9.17) is 4.74 Å². The molecule has 2 aromatic rings. The molecule has 0 aliphatic rings. The SMILES string of the molecule is COc1ccc(C(=O)Cc2nc(C)nc(C)n2)cc1. The quantitative estimate of drug-likeness (QED) is 0.783. The van der Waals surface area contributed by atoms with Crippen molar-refractivity contribution in [3.05, 3.63) is 47.3 Å². The number of hydrogen-bond acceptors (Lipinski definition) is 5. The molecular formula is C14H15N3O2. The first-order valence-electron chi connectivity index (χ1n) is 5.94. The Morgan fingerprint density at radius 2 is 1.63 bits per heavy atom. The van der Waals surface area contributed by atoms with Crippen molar-refractivity contribution in [2.75, 3.05) is 7.11 Å². The smallest absolute Gasteiger partial charge is 0.170 e. The standard InChI is InChI=1S/C14H15N3O2/c1-9-15-10(2)17-14(16-9)8-13(18)11-4-6-12(19-3)7-5-11/h4-7H,8H2,1-3H3. The fourth-order valence-electron chi connectivity index (χ4n) is 1.78. The first-order valence-corrected chi connectivity index (χ1v) is 5.94. The van der Waals surface area contributed by atoms with Crippen molar-refractivity contribution in [1.29, 1.82) is 0 Å². The van der Waals surface area contributed by atoms with E-state index in [0.717, 1.165) is 5.75 Å². The highest BCUT2D eigenvalue weighted by molar-refractivity contribution is 5.97. The highest BCUT2D eigenvalue weighted by Crippen LogP contribution is 2.12. The first-order chi connectivity index (χ1) is 9.08. The van der Waals surface area contributed by atoms with E-state index in [0.29, 0.717) is 23.0 Å². The number of methoxy groups -OCH3 is 1. The normalized spacial score (nSPS) is 10.3. The maximum Gasteiger partial charge on any atom is 0.170 e. The van der Waals surface area contributed by atoms with Gasteiger partial charge in [-0.25, -0.2) is 15.0 Å². The van der Waals surface area contributed by atoms with Gasteiger partial charge in [0.1, 0.15) is 23.2 Å². The number of rotatable bonds is 4. The highest BCUT2D eigenvalue weighted by atomic mass is 16.5. The van der Waals surface area contributed by atoms with Gasteiger partial charge in [-0.15, -0.1) is 0 Å². The zero-order valence-corrected chi connectivity index (χ0v) is 11.2. The average molecular weight is 257 g/mol. The summed E-state index contributed by atoms with van der Waals surface area (Å²) in [6, 6.07) is 7.00. The van der Waals surface area contributed by atoms with E-state index < -0.39 is 0 Å². The lowest BCUT2D eigenvalue weighted by molar-refractivity contribution is 0.0990. The van der Waals surface area contributed by atoms with Gasteiger partial charge in [-0.2, -0.15) is 0 Å². The van der Waals surface area contributed by atoms with E-state index in [9.17, 15) is 4.79 Å². The number of carbonyl (C=O) groups is 1. The Morgan fingerprint density at radius 1 is 1.05 bits per heavy atom. The minimum atomic E-state index is -0.0207. The van der Waals surface area contributed by atoms with Crippen LogP contribution in [0.15, 0.2) is 24.3 Å². The summed E-state index contributed by atoms with van der Waals surface area (Å²) in [6.45, 7) is 3.58. The molecule has 5 nitrogen and oxygen atoms in total. The highest BCUT2D eigenvalue weighted by Gasteiger charge is 2.10. The van der Waals surface area contributed by atoms with Crippen LogP contribution >= 0.6 is 0 Å². The summed E-state index contributed by atoms with van der Waals surface area (Å²) >= 11 is 0. The zero-order chi connectivity index (χ0) is 13.8. The van der Waals surface area contributed by atoms with Gasteiger partial charge >= 0.3 is 0 Å². The zero-order valence-electron chi connectivity index (χ0n) is 11.2. The van der Waals surface area contributed by atoms with Gasteiger partial charge in [-0.1, -0.05) is 0 Å². The van der Waals surface area contributed by atoms with Gasteiger partial charge in [0.25, 0.3) is 0 Å². The number of aromatic nitrogens is 3. The number of carbonyl (C=O) groups excluding carboxylic acids is 1. The molecule has 0 bridgehead atoms. The van der Waals surface area contributed by atoms with Crippen LogP contribution in [0.5, 0.6) is 5.75 Å². The Labute approximate surface area is 111 Å². The van der Waals surface area contributed by atoms with Crippen LogP contribution in [0.3, 0.4) is 0 Å². The van der Waals surface area contributed by atoms with Crippen molar-refractivity contribution >= 4 is 5.78 Å². The van der Waals surface area contributed by atoms with Gasteiger partial charge in [-0.05, 0) is 38.1 Å². The Kier molecular flexibility index (Phi) is 3.85. The van der Waals surface area contributed by atoms with Crippen molar-refractivity contribution in [3.8, 4) is 5.75 Å². The predicted octanol–water partition coefficient (Wildman–Crippen LogP) is 1.92. The molecule has 19 heavy (non-hydrogen) atoms. The van der Waals surface area contributed by atoms with Crippen molar-refractivity contribution < 1.29 is 9.53 Å². The molecule has 0 radical (unpaired) electrons. The van der Waals surface area contributed by atoms with E-state index in [-0.39, 0.29) is 12.2 Å². The van der Waals surface area contributed by atoms with Crippen molar-refractivity contribution in [2.24, 2.45) is 0 Å². The molecule has 0 saturated carbocycles. The molecule has 0 aliphatic heterocycles. The van der Waals surface area contributed by atoms with E-state index in [2.05, 4.69) is 15.0 Å². The van der Waals surface area contributed by atoms with Crippen LogP contribution in [-0.2, 0) is 6.42 Å². The second-order valence-electron chi connectivity index (χ2n) is 4.17. The lowest BCUT2D eigenvalue weighted by Crippen LogP contribution is -2.09. The Hall–Kier alpha value is -2.30. The fraction of sp³-hybridized carbons (Fsp3) is 0.286. The summed E-state index contributed by atoms with van der Waals surface area (Å²) in [6.07, 6.45) is 0.177. The minimum Gasteiger partial charge on any atom is -0.497 e. The van der Waals surface area contributed by atoms with Gasteiger partial charge in [0, 0.05) is 5.56 Å². The molecular weight excluding hydrogens is 242 g/mol. The third kappa shape index (κ3) is 3.34. The van der Waals surface area contributed by atoms with E-state index in [1.165, 1.54) is 0 Å². The number of benzene rings is 1. The van der Waals surface area contributed by atoms with Crippen LogP contribution < -0.4 is 4.74 Å². The first kappa shape index (κ1) is 13.1. The van der Waals surface area contributed by atoms with Crippen LogP contribution in [0.2, 0.25) is 0 Å². The Balaban J connectivity index is 2.15. The van der Waals surface area contributed by atoms with Crippen LogP contribution in [0.1, 0.15) is 27.8 Å². The Morgan fingerprint density at radius 3 is 2.16 bits per heavy atom. The van der Waals surface area contributed by atoms with E-state index in [1.54, 1.807) is 45.2 Å². The summed E-state index contributed by atoms with van der Waals surface area (Å²) in [4.78, 5) is 24.5. The van der Waals surface area contributed by atoms with Crippen LogP contribution in [0.4, 0.5) is 0 Å². The van der Waals surface area contributed by atoms with Crippen LogP contribution in [-0.4, -0.2) is 27.8 Å². The number of Topliss-reactive ketones (excluding diaryl/α,β-unsaturated/α-hetero) is 1. The fourth-order valence-corrected chi connectivity index (χ4v) is 1.78. The molecule has 0 saturated heterocycles. The van der Waals surface area contributed by atoms with Gasteiger partial charge in [-0.3, -0.25) is 4.79 Å². The molecule has 0 spiro atoms. The number of aryl methyl sites for hydroxylation is 2. The molecule has 98 valence electrons. The number of ketones is 1. The van der Waals surface area contributed by atoms with Crippen molar-refractivity contribution in [3.63, 3.8) is 0 Å². The molecule has 0 atom stereocenters. The number of ether oxygens (including phenoxy) is 1. The lowest BCUT2D eigenvalue weighted by atomic mass is 10.1. The Bertz CT molecular complexity index is 574. The van der Waals surface area contributed by atoms with E-state index in [1.807, 2.05) is 0 Å². The summed E-state index contributed by atoms with van der Waals surface area (Å²) in [5.41, 5.74) is 0.622. The van der Waals surface area contributed by atoms with Crippen molar-refractivity contribution in [2.45, 2.75) is 20.3 Å². The monoisotopic (exact) mass is 257 g/mol. The number of nitrogens with zero attached hydrogens (tertiary/aromatic N) is 3. The molecule has 0 unspecified atom stereocenters. The molecule has 1 aromatic heterocycles. The summed E-state index contributed by atoms with van der Waals surface area (Å²) in [5, 5.41) is 0. The molecule has 2 rings (SSSR count). The van der Waals surface area contributed by atoms with E-state index >= 15 is 0 Å². The molecule has 1 aromatic carbocycles. The molecule has 0 amide bonds. The summed E-state index contributed by atoms with van der Waals surface area (Å²) < 4.78 is 5.05. The largest absolute Gasteiger partial charge is 0.497 e. The molecule has 5 heteroatoms. The van der Waals surface area contributed by atoms with Gasteiger partial charge in [0.05, 0.1) is 13.5 Å². The molecule has 0 fully saturated rings. The third-order valence-corrected chi connectivity index (χ3v) is 2.64. The second-order valence-corrected chi connectivity index (χ2v) is 4.17. The predicted molar refractivity (Wildman–Crippen MR) is 70.3 cm³/mol. The summed E-state index contributed by atoms with van der Waals surface area (Å²) in [5.74, 6) is 2.47. The maximum atomic E-state index is 12.1. The molecule has 0 N–H and O–H groups in total. The van der Waals surface area contributed by atoms with Crippen LogP contribution in [0.25, 0.3) is 0 Å². The van der Waals surface area contributed by atoms with Crippen molar-refractivity contribution in [1.82, 2.24) is 15.0 Å². The maximum absolute atomic E-state index is 12.1. The minimum absolute atomic E-state index is 0.0207. The van der Waals surface area contributed by atoms with Gasteiger partial charge < -0.3 is 4.74 Å². The molecule has 1 heterocycles. The third-order valence-electron chi connectivity index (χ3n) is 2.64. The second kappa shape index (κ2) is 5.56. The average Bonchev–Trinajstić information content (AvgIpc) is 2.37. The van der Waals surface area contributed by atoms with Gasteiger partial charge in [0.15, 0.2) is 5.78 Å². The molecule has 0 aliphatic carbocycles. The summed E-state index contributed by atoms with van der Waals surface area (Å²) in [7, 11) is 1.59. The topological polar surface area (TPSA) is 65.0 Å². The lowest BCUT2D eigenvalue weighted by Gasteiger charge is -2.04. The number of hydrogen-bond donors (Lipinski definition) is 0. The van der Waals surface area contributed by atoms with Gasteiger partial charge in [0.2, 0.25) is 0 Å².